The molecule has 0 radical (unpaired) electrons. The molecule has 23 heavy (non-hydrogen) atoms. The van der Waals surface area contributed by atoms with Crippen LogP contribution in [-0.2, 0) is 17.9 Å². The maximum Gasteiger partial charge on any atom is 0.274 e. The lowest BCUT2D eigenvalue weighted by Crippen LogP contribution is -2.42. The normalized spacial score (nSPS) is 17.2. The first kappa shape index (κ1) is 15.6. The highest BCUT2D eigenvalue weighted by molar-refractivity contribution is 5.92. The topological polar surface area (TPSA) is 73.1 Å². The van der Waals surface area contributed by atoms with Crippen molar-refractivity contribution in [3.63, 3.8) is 0 Å². The Balaban J connectivity index is 1.80. The van der Waals surface area contributed by atoms with E-state index in [1.54, 1.807) is 11.1 Å². The van der Waals surface area contributed by atoms with Gasteiger partial charge in [-0.2, -0.15) is 0 Å². The molecule has 2 aromatic rings. The molecule has 1 atom stereocenters. The van der Waals surface area contributed by atoms with Gasteiger partial charge in [0.2, 0.25) is 0 Å². The van der Waals surface area contributed by atoms with Crippen molar-refractivity contribution >= 4 is 5.91 Å². The molecule has 7 nitrogen and oxygen atoms in total. The number of ether oxygens (including phenoxy) is 1. The Labute approximate surface area is 135 Å². The number of nitrogens with zero attached hydrogens (tertiary/aromatic N) is 5. The average molecular weight is 315 g/mol. The summed E-state index contributed by atoms with van der Waals surface area (Å²) in [6.45, 7) is 8.37. The van der Waals surface area contributed by atoms with Crippen molar-refractivity contribution in [3.05, 3.63) is 41.5 Å². The van der Waals surface area contributed by atoms with Crippen LogP contribution < -0.4 is 0 Å². The Morgan fingerprint density at radius 3 is 2.78 bits per heavy atom. The zero-order valence-corrected chi connectivity index (χ0v) is 13.7. The summed E-state index contributed by atoms with van der Waals surface area (Å²) in [5, 5.41) is 0. The van der Waals surface area contributed by atoms with Gasteiger partial charge < -0.3 is 14.2 Å². The van der Waals surface area contributed by atoms with Gasteiger partial charge in [0.05, 0.1) is 36.4 Å². The molecule has 1 aliphatic rings. The predicted octanol–water partition coefficient (Wildman–Crippen LogP) is 1.74. The van der Waals surface area contributed by atoms with Gasteiger partial charge in [-0.25, -0.2) is 9.97 Å². The molecule has 1 aliphatic heterocycles. The zero-order valence-electron chi connectivity index (χ0n) is 13.7. The van der Waals surface area contributed by atoms with E-state index in [4.69, 9.17) is 4.74 Å². The maximum atomic E-state index is 12.7. The lowest BCUT2D eigenvalue weighted by Gasteiger charge is -2.34. The summed E-state index contributed by atoms with van der Waals surface area (Å²) in [6.07, 6.45) is 4.98. The number of amides is 1. The van der Waals surface area contributed by atoms with E-state index in [-0.39, 0.29) is 11.9 Å². The zero-order chi connectivity index (χ0) is 16.4. The highest BCUT2D eigenvalue weighted by atomic mass is 16.5. The monoisotopic (exact) mass is 315 g/mol. The Hall–Kier alpha value is -2.28. The highest BCUT2D eigenvalue weighted by Crippen LogP contribution is 2.26. The number of imidazole rings is 1. The van der Waals surface area contributed by atoms with Crippen LogP contribution in [-0.4, -0.2) is 43.5 Å². The van der Waals surface area contributed by atoms with E-state index < -0.39 is 0 Å². The van der Waals surface area contributed by atoms with E-state index in [2.05, 4.69) is 19.5 Å². The molecule has 3 heterocycles. The van der Waals surface area contributed by atoms with Crippen molar-refractivity contribution in [2.45, 2.75) is 40.0 Å². The molecule has 0 spiro atoms. The van der Waals surface area contributed by atoms with Gasteiger partial charge >= 0.3 is 0 Å². The van der Waals surface area contributed by atoms with E-state index in [1.165, 1.54) is 6.20 Å². The van der Waals surface area contributed by atoms with Crippen molar-refractivity contribution in [1.82, 2.24) is 24.4 Å². The minimum atomic E-state index is -0.106. The lowest BCUT2D eigenvalue weighted by atomic mass is 10.2. The van der Waals surface area contributed by atoms with Gasteiger partial charge in [-0.3, -0.25) is 9.78 Å². The first-order valence-electron chi connectivity index (χ1n) is 7.83. The molecule has 1 amide bonds. The Morgan fingerprint density at radius 2 is 2.09 bits per heavy atom. The van der Waals surface area contributed by atoms with Gasteiger partial charge in [-0.05, 0) is 20.8 Å². The number of aryl methyl sites for hydroxylation is 1. The van der Waals surface area contributed by atoms with Gasteiger partial charge in [0.1, 0.15) is 11.5 Å². The van der Waals surface area contributed by atoms with Crippen LogP contribution in [0.2, 0.25) is 0 Å². The third-order valence-electron chi connectivity index (χ3n) is 4.09. The summed E-state index contributed by atoms with van der Waals surface area (Å²) in [5.41, 5.74) is 2.22. The van der Waals surface area contributed by atoms with Crippen LogP contribution >= 0.6 is 0 Å². The molecule has 122 valence electrons. The lowest BCUT2D eigenvalue weighted by molar-refractivity contribution is 0.0623. The molecule has 0 saturated heterocycles. The van der Waals surface area contributed by atoms with Crippen LogP contribution in [0.3, 0.4) is 0 Å². The second kappa shape index (κ2) is 6.45. The van der Waals surface area contributed by atoms with Gasteiger partial charge in [0, 0.05) is 25.9 Å². The first-order valence-corrected chi connectivity index (χ1v) is 7.83. The van der Waals surface area contributed by atoms with Gasteiger partial charge in [0.15, 0.2) is 0 Å². The molecular weight excluding hydrogens is 294 g/mol. The summed E-state index contributed by atoms with van der Waals surface area (Å²) >= 11 is 0. The van der Waals surface area contributed by atoms with Gasteiger partial charge in [-0.15, -0.1) is 0 Å². The molecule has 0 bridgehead atoms. The number of hydrogen-bond acceptors (Lipinski definition) is 5. The minimum absolute atomic E-state index is 0.102. The summed E-state index contributed by atoms with van der Waals surface area (Å²) in [4.78, 5) is 27.3. The molecule has 3 rings (SSSR count). The molecule has 7 heteroatoms. The SMILES string of the molecule is CCOCc1cnc2n1CCN(C(=O)c1cnc(C)cn1)[C@@H]2C. The van der Waals surface area contributed by atoms with Crippen LogP contribution in [0.1, 0.15) is 47.6 Å². The quantitative estimate of drug-likeness (QED) is 0.859. The third kappa shape index (κ3) is 2.96. The highest BCUT2D eigenvalue weighted by Gasteiger charge is 2.31. The Kier molecular flexibility index (Phi) is 4.38. The number of carbonyl (C=O) groups is 1. The smallest absolute Gasteiger partial charge is 0.274 e. The Morgan fingerprint density at radius 1 is 1.26 bits per heavy atom. The Bertz CT molecular complexity index is 695. The van der Waals surface area contributed by atoms with Gasteiger partial charge in [-0.1, -0.05) is 0 Å². The van der Waals surface area contributed by atoms with Crippen molar-refractivity contribution in [1.29, 1.82) is 0 Å². The number of hydrogen-bond donors (Lipinski definition) is 0. The van der Waals surface area contributed by atoms with E-state index in [9.17, 15) is 4.79 Å². The molecule has 0 N–H and O–H groups in total. The fourth-order valence-electron chi connectivity index (χ4n) is 2.81. The molecule has 2 aromatic heterocycles. The van der Waals surface area contributed by atoms with Crippen LogP contribution in [0.25, 0.3) is 0 Å². The maximum absolute atomic E-state index is 12.7. The molecule has 0 saturated carbocycles. The predicted molar refractivity (Wildman–Crippen MR) is 83.8 cm³/mol. The summed E-state index contributed by atoms with van der Waals surface area (Å²) in [7, 11) is 0. The average Bonchev–Trinajstić information content (AvgIpc) is 2.97. The third-order valence-corrected chi connectivity index (χ3v) is 4.09. The molecule has 0 unspecified atom stereocenters. The number of rotatable bonds is 4. The first-order chi connectivity index (χ1) is 11.1. The standard InChI is InChI=1S/C16H21N5O2/c1-4-23-10-13-8-19-15-12(3)20(5-6-21(13)15)16(22)14-9-17-11(2)7-18-14/h7-9,12H,4-6,10H2,1-3H3/t12-/m1/s1. The second-order valence-electron chi connectivity index (χ2n) is 5.61. The van der Waals surface area contributed by atoms with Crippen LogP contribution in [0.4, 0.5) is 0 Å². The summed E-state index contributed by atoms with van der Waals surface area (Å²) in [5.74, 6) is 0.782. The van der Waals surface area contributed by atoms with Crippen LogP contribution in [0.15, 0.2) is 18.6 Å². The minimum Gasteiger partial charge on any atom is -0.375 e. The van der Waals surface area contributed by atoms with E-state index >= 15 is 0 Å². The van der Waals surface area contributed by atoms with Crippen molar-refractivity contribution in [3.8, 4) is 0 Å². The van der Waals surface area contributed by atoms with Crippen LogP contribution in [0, 0.1) is 6.92 Å². The summed E-state index contributed by atoms with van der Waals surface area (Å²) in [6, 6.07) is -0.102. The summed E-state index contributed by atoms with van der Waals surface area (Å²) < 4.78 is 7.62. The largest absolute Gasteiger partial charge is 0.375 e. The second-order valence-corrected chi connectivity index (χ2v) is 5.61. The van der Waals surface area contributed by atoms with Gasteiger partial charge in [0.25, 0.3) is 5.91 Å². The van der Waals surface area contributed by atoms with Crippen molar-refractivity contribution in [2.75, 3.05) is 13.2 Å². The number of fused-ring (bicyclic) bond motifs is 1. The van der Waals surface area contributed by atoms with E-state index in [0.717, 1.165) is 17.2 Å². The fourth-order valence-corrected chi connectivity index (χ4v) is 2.81. The molecule has 0 fully saturated rings. The van der Waals surface area contributed by atoms with Crippen molar-refractivity contribution < 1.29 is 9.53 Å². The van der Waals surface area contributed by atoms with E-state index in [0.29, 0.717) is 32.0 Å². The fraction of sp³-hybridized carbons (Fsp3) is 0.500. The molecule has 0 aliphatic carbocycles. The number of aromatic nitrogens is 4. The number of carbonyl (C=O) groups excluding carboxylic acids is 1. The van der Waals surface area contributed by atoms with E-state index in [1.807, 2.05) is 27.0 Å². The molecular formula is C16H21N5O2. The van der Waals surface area contributed by atoms with Crippen LogP contribution in [0.5, 0.6) is 0 Å². The molecule has 0 aromatic carbocycles. The van der Waals surface area contributed by atoms with Crippen molar-refractivity contribution in [2.24, 2.45) is 0 Å².